The number of furan rings is 1. The van der Waals surface area contributed by atoms with Crippen LogP contribution in [-0.2, 0) is 9.53 Å². The molecule has 28 heavy (non-hydrogen) atoms. The molecular weight excluding hydrogens is 384 g/mol. The molecule has 2 amide bonds. The molecule has 3 heterocycles. The zero-order chi connectivity index (χ0) is 20.3. The molecule has 1 aliphatic heterocycles. The Morgan fingerprint density at radius 3 is 2.86 bits per heavy atom. The number of amides is 2. The van der Waals surface area contributed by atoms with E-state index >= 15 is 0 Å². The highest BCUT2D eigenvalue weighted by molar-refractivity contribution is 7.99. The number of hydrogen-bond donors (Lipinski definition) is 2. The summed E-state index contributed by atoms with van der Waals surface area (Å²) in [6.07, 6.45) is 0. The first kappa shape index (κ1) is 19.9. The van der Waals surface area contributed by atoms with E-state index in [0.29, 0.717) is 27.9 Å². The number of carbonyl (C=O) groups is 2. The molecule has 0 unspecified atom stereocenters. The third-order valence-corrected chi connectivity index (χ3v) is 4.95. The molecule has 0 fully saturated rings. The molecule has 0 aliphatic carbocycles. The van der Waals surface area contributed by atoms with E-state index in [2.05, 4.69) is 26.2 Å². The third kappa shape index (κ3) is 4.19. The highest BCUT2D eigenvalue weighted by Gasteiger charge is 2.35. The monoisotopic (exact) mass is 406 g/mol. The molecule has 0 bridgehead atoms. The van der Waals surface area contributed by atoms with Crippen molar-refractivity contribution in [2.75, 3.05) is 12.4 Å². The van der Waals surface area contributed by atoms with Gasteiger partial charge in [-0.1, -0.05) is 11.8 Å². The van der Waals surface area contributed by atoms with Crippen LogP contribution in [-0.4, -0.2) is 44.6 Å². The van der Waals surface area contributed by atoms with Crippen molar-refractivity contribution in [3.8, 4) is 0 Å². The molecular formula is C17H22N6O4S. The maximum Gasteiger partial charge on any atom is 0.338 e. The number of urea groups is 1. The second-order valence-electron chi connectivity index (χ2n) is 6.38. The fourth-order valence-electron chi connectivity index (χ4n) is 2.74. The number of hydrogen-bond acceptors (Lipinski definition) is 8. The Bertz CT molecular complexity index is 903. The van der Waals surface area contributed by atoms with Gasteiger partial charge in [0.15, 0.2) is 0 Å². The number of ether oxygens (including phenoxy) is 1. The normalized spacial score (nSPS) is 16.9. The number of esters is 1. The van der Waals surface area contributed by atoms with Crippen LogP contribution in [0, 0.1) is 6.92 Å². The molecule has 0 spiro atoms. The lowest BCUT2D eigenvalue weighted by Gasteiger charge is -2.27. The number of rotatable bonds is 7. The van der Waals surface area contributed by atoms with Gasteiger partial charge in [-0.05, 0) is 50.3 Å². The van der Waals surface area contributed by atoms with Crippen molar-refractivity contribution in [2.45, 2.75) is 44.9 Å². The first-order chi connectivity index (χ1) is 13.4. The van der Waals surface area contributed by atoms with Crippen molar-refractivity contribution in [1.29, 1.82) is 0 Å². The molecule has 11 heteroatoms. The summed E-state index contributed by atoms with van der Waals surface area (Å²) in [5.41, 5.74) is 0.733. The van der Waals surface area contributed by atoms with Crippen molar-refractivity contribution in [3.05, 3.63) is 34.9 Å². The van der Waals surface area contributed by atoms with Crippen LogP contribution in [0.2, 0.25) is 0 Å². The van der Waals surface area contributed by atoms with Crippen LogP contribution in [0.4, 0.5) is 4.79 Å². The predicted molar refractivity (Wildman–Crippen MR) is 100 cm³/mol. The van der Waals surface area contributed by atoms with E-state index in [0.717, 1.165) is 0 Å². The molecule has 1 aliphatic rings. The molecule has 0 radical (unpaired) electrons. The minimum absolute atomic E-state index is 0.0810. The van der Waals surface area contributed by atoms with Crippen LogP contribution >= 0.6 is 11.8 Å². The Hall–Kier alpha value is -2.82. The summed E-state index contributed by atoms with van der Waals surface area (Å²) in [5.74, 6) is 0.904. The van der Waals surface area contributed by atoms with E-state index in [1.807, 2.05) is 13.8 Å². The van der Waals surface area contributed by atoms with Gasteiger partial charge >= 0.3 is 12.0 Å². The number of aryl methyl sites for hydroxylation is 1. The van der Waals surface area contributed by atoms with Gasteiger partial charge < -0.3 is 19.8 Å². The van der Waals surface area contributed by atoms with Gasteiger partial charge in [-0.25, -0.2) is 14.3 Å². The predicted octanol–water partition coefficient (Wildman–Crippen LogP) is 2.12. The molecule has 10 nitrogen and oxygen atoms in total. The highest BCUT2D eigenvalue weighted by atomic mass is 32.2. The van der Waals surface area contributed by atoms with Crippen molar-refractivity contribution in [2.24, 2.45) is 0 Å². The molecule has 0 saturated heterocycles. The van der Waals surface area contributed by atoms with E-state index in [1.165, 1.54) is 11.8 Å². The molecule has 2 aromatic rings. The van der Waals surface area contributed by atoms with Crippen molar-refractivity contribution in [1.82, 2.24) is 30.8 Å². The average molecular weight is 406 g/mol. The summed E-state index contributed by atoms with van der Waals surface area (Å²) >= 11 is 1.32. The first-order valence-corrected chi connectivity index (χ1v) is 9.84. The largest absolute Gasteiger partial charge is 0.464 e. The minimum atomic E-state index is -0.738. The summed E-state index contributed by atoms with van der Waals surface area (Å²) in [6, 6.07) is 2.42. The van der Waals surface area contributed by atoms with Gasteiger partial charge in [0.25, 0.3) is 0 Å². The van der Waals surface area contributed by atoms with E-state index in [4.69, 9.17) is 9.15 Å². The number of tetrazole rings is 1. The second-order valence-corrected chi connectivity index (χ2v) is 7.32. The van der Waals surface area contributed by atoms with Gasteiger partial charge in [-0.2, -0.15) is 0 Å². The topological polar surface area (TPSA) is 124 Å². The summed E-state index contributed by atoms with van der Waals surface area (Å²) in [5, 5.41) is 17.7. The van der Waals surface area contributed by atoms with Crippen LogP contribution in [0.15, 0.2) is 33.0 Å². The van der Waals surface area contributed by atoms with E-state index in [1.54, 1.807) is 30.7 Å². The van der Waals surface area contributed by atoms with Gasteiger partial charge in [-0.3, -0.25) is 0 Å². The highest BCUT2D eigenvalue weighted by Crippen LogP contribution is 2.31. The Morgan fingerprint density at radius 1 is 1.43 bits per heavy atom. The maximum atomic E-state index is 12.7. The van der Waals surface area contributed by atoms with Gasteiger partial charge in [0.2, 0.25) is 5.16 Å². The Kier molecular flexibility index (Phi) is 6.02. The second kappa shape index (κ2) is 8.46. The lowest BCUT2D eigenvalue weighted by atomic mass is 10.0. The fourth-order valence-corrected chi connectivity index (χ4v) is 3.72. The van der Waals surface area contributed by atoms with Crippen molar-refractivity contribution in [3.63, 3.8) is 0 Å². The minimum Gasteiger partial charge on any atom is -0.464 e. The number of carbonyl (C=O) groups excluding carboxylic acids is 2. The van der Waals surface area contributed by atoms with Crippen LogP contribution in [0.25, 0.3) is 0 Å². The third-order valence-electron chi connectivity index (χ3n) is 3.99. The zero-order valence-electron chi connectivity index (χ0n) is 16.1. The molecule has 0 saturated carbocycles. The average Bonchev–Trinajstić information content (AvgIpc) is 3.28. The molecule has 2 aromatic heterocycles. The number of nitrogens with one attached hydrogen (secondary N) is 2. The van der Waals surface area contributed by atoms with E-state index < -0.39 is 18.0 Å². The van der Waals surface area contributed by atoms with Crippen LogP contribution in [0.3, 0.4) is 0 Å². The Balaban J connectivity index is 1.95. The van der Waals surface area contributed by atoms with Crippen molar-refractivity contribution >= 4 is 23.8 Å². The van der Waals surface area contributed by atoms with E-state index in [9.17, 15) is 9.59 Å². The summed E-state index contributed by atoms with van der Waals surface area (Å²) in [6.45, 7) is 7.66. The lowest BCUT2D eigenvalue weighted by molar-refractivity contribution is -0.139. The fraction of sp³-hybridized carbons (Fsp3) is 0.471. The van der Waals surface area contributed by atoms with Crippen LogP contribution in [0.5, 0.6) is 0 Å². The molecule has 0 aromatic carbocycles. The van der Waals surface area contributed by atoms with Gasteiger partial charge in [0.05, 0.1) is 18.2 Å². The molecule has 2 N–H and O–H groups in total. The molecule has 1 atom stereocenters. The van der Waals surface area contributed by atoms with E-state index in [-0.39, 0.29) is 18.4 Å². The lowest BCUT2D eigenvalue weighted by Crippen LogP contribution is -2.46. The molecule has 3 rings (SSSR count). The smallest absolute Gasteiger partial charge is 0.338 e. The van der Waals surface area contributed by atoms with Gasteiger partial charge in [0, 0.05) is 11.4 Å². The summed E-state index contributed by atoms with van der Waals surface area (Å²) in [4.78, 5) is 24.9. The standard InChI is InChI=1S/C17H22N6O4S/c1-5-26-15(24)13-11(8-28-17-20-21-22-23(17)9(2)3)18-16(25)19-14(13)12-7-6-10(4)27-12/h6-7,9,14H,5,8H2,1-4H3,(H2,18,19,25)/t14-/m0/s1. The summed E-state index contributed by atoms with van der Waals surface area (Å²) < 4.78 is 12.5. The number of aromatic nitrogens is 4. The maximum absolute atomic E-state index is 12.7. The first-order valence-electron chi connectivity index (χ1n) is 8.85. The van der Waals surface area contributed by atoms with Gasteiger partial charge in [0.1, 0.15) is 17.6 Å². The van der Waals surface area contributed by atoms with Crippen molar-refractivity contribution < 1.29 is 18.7 Å². The van der Waals surface area contributed by atoms with Crippen LogP contribution in [0.1, 0.15) is 44.4 Å². The SMILES string of the molecule is CCOC(=O)C1=C(CSc2nnnn2C(C)C)NC(=O)N[C@H]1c1ccc(C)o1. The van der Waals surface area contributed by atoms with Gasteiger partial charge in [-0.15, -0.1) is 5.10 Å². The quantitative estimate of drug-likeness (QED) is 0.529. The molecule has 150 valence electrons. The number of nitrogens with zero attached hydrogens (tertiary/aromatic N) is 4. The zero-order valence-corrected chi connectivity index (χ0v) is 16.9. The summed E-state index contributed by atoms with van der Waals surface area (Å²) in [7, 11) is 0. The Morgan fingerprint density at radius 2 is 2.21 bits per heavy atom. The Labute approximate surface area is 166 Å². The van der Waals surface area contributed by atoms with Crippen LogP contribution < -0.4 is 10.6 Å². The number of thioether (sulfide) groups is 1.